The Kier molecular flexibility index (Phi) is 4.41. The molecule has 2 atom stereocenters. The lowest BCUT2D eigenvalue weighted by Crippen LogP contribution is -2.45. The molecule has 6 heteroatoms. The second-order valence-corrected chi connectivity index (χ2v) is 6.97. The van der Waals surface area contributed by atoms with Crippen molar-refractivity contribution in [3.8, 4) is 0 Å². The van der Waals surface area contributed by atoms with Crippen LogP contribution in [0.1, 0.15) is 32.6 Å². The van der Waals surface area contributed by atoms with Gasteiger partial charge in [-0.1, -0.05) is 0 Å². The van der Waals surface area contributed by atoms with Crippen molar-refractivity contribution in [2.24, 2.45) is 5.92 Å². The Morgan fingerprint density at radius 3 is 2.59 bits per heavy atom. The molecule has 0 bridgehead atoms. The first-order valence-electron chi connectivity index (χ1n) is 6.56. The van der Waals surface area contributed by atoms with Gasteiger partial charge in [0.25, 0.3) is 10.2 Å². The number of nitrogens with one attached hydrogen (secondary N) is 2. The van der Waals surface area contributed by atoms with Crippen LogP contribution >= 0.6 is 0 Å². The maximum atomic E-state index is 11.9. The van der Waals surface area contributed by atoms with Crippen molar-refractivity contribution >= 4 is 10.2 Å². The van der Waals surface area contributed by atoms with Crippen LogP contribution in [0.4, 0.5) is 0 Å². The van der Waals surface area contributed by atoms with Crippen LogP contribution < -0.4 is 10.0 Å². The lowest BCUT2D eigenvalue weighted by Gasteiger charge is -2.28. The van der Waals surface area contributed by atoms with Gasteiger partial charge in [0.2, 0.25) is 0 Å². The minimum Gasteiger partial charge on any atom is -0.314 e. The van der Waals surface area contributed by atoms with E-state index < -0.39 is 10.2 Å². The van der Waals surface area contributed by atoms with Gasteiger partial charge in [-0.15, -0.1) is 0 Å². The number of hydrogen-bond acceptors (Lipinski definition) is 3. The Morgan fingerprint density at radius 2 is 2.00 bits per heavy atom. The van der Waals surface area contributed by atoms with Crippen molar-refractivity contribution in [2.75, 3.05) is 26.2 Å². The van der Waals surface area contributed by atoms with Crippen LogP contribution in [0, 0.1) is 5.92 Å². The molecule has 0 aromatic carbocycles. The third-order valence-electron chi connectivity index (χ3n) is 3.72. The van der Waals surface area contributed by atoms with Gasteiger partial charge in [-0.25, -0.2) is 4.72 Å². The van der Waals surface area contributed by atoms with Gasteiger partial charge in [0.15, 0.2) is 0 Å². The van der Waals surface area contributed by atoms with E-state index >= 15 is 0 Å². The highest BCUT2D eigenvalue weighted by atomic mass is 32.2. The molecule has 0 aromatic rings. The van der Waals surface area contributed by atoms with Gasteiger partial charge in [0, 0.05) is 25.7 Å². The third kappa shape index (κ3) is 3.64. The summed E-state index contributed by atoms with van der Waals surface area (Å²) in [5.41, 5.74) is 0. The largest absolute Gasteiger partial charge is 0.314 e. The van der Waals surface area contributed by atoms with Gasteiger partial charge in [-0.05, 0) is 45.1 Å². The van der Waals surface area contributed by atoms with E-state index in [0.717, 1.165) is 32.2 Å². The van der Waals surface area contributed by atoms with Crippen LogP contribution in [0.25, 0.3) is 0 Å². The monoisotopic (exact) mass is 261 g/mol. The Bertz CT molecular complexity index is 331. The number of piperidine rings is 1. The second kappa shape index (κ2) is 5.65. The highest BCUT2D eigenvalue weighted by Crippen LogP contribution is 2.15. The molecular weight excluding hydrogens is 238 g/mol. The molecule has 2 aliphatic rings. The fourth-order valence-electron chi connectivity index (χ4n) is 2.47. The number of rotatable bonds is 4. The summed E-state index contributed by atoms with van der Waals surface area (Å²) >= 11 is 0. The summed E-state index contributed by atoms with van der Waals surface area (Å²) < 4.78 is 28.2. The summed E-state index contributed by atoms with van der Waals surface area (Å²) in [5.74, 6) is 0.434. The zero-order chi connectivity index (χ0) is 12.3. The summed E-state index contributed by atoms with van der Waals surface area (Å²) in [6, 6.07) is 0.571. The summed E-state index contributed by atoms with van der Waals surface area (Å²) in [4.78, 5) is 0. The van der Waals surface area contributed by atoms with E-state index in [1.165, 1.54) is 0 Å². The Hall–Kier alpha value is -0.170. The predicted molar refractivity (Wildman–Crippen MR) is 67.9 cm³/mol. The highest BCUT2D eigenvalue weighted by molar-refractivity contribution is 7.87. The molecule has 0 radical (unpaired) electrons. The van der Waals surface area contributed by atoms with Crippen LogP contribution in [0.15, 0.2) is 0 Å². The third-order valence-corrected chi connectivity index (χ3v) is 5.30. The van der Waals surface area contributed by atoms with E-state index in [2.05, 4.69) is 17.0 Å². The Morgan fingerprint density at radius 1 is 1.29 bits per heavy atom. The summed E-state index contributed by atoms with van der Waals surface area (Å²) in [6.07, 6.45) is 4.22. The minimum atomic E-state index is -3.22. The molecule has 2 saturated heterocycles. The van der Waals surface area contributed by atoms with Crippen molar-refractivity contribution in [3.63, 3.8) is 0 Å². The van der Waals surface area contributed by atoms with Gasteiger partial charge in [-0.2, -0.15) is 12.7 Å². The first-order chi connectivity index (χ1) is 8.08. The van der Waals surface area contributed by atoms with E-state index in [4.69, 9.17) is 0 Å². The molecule has 2 rings (SSSR count). The molecule has 2 unspecified atom stereocenters. The topological polar surface area (TPSA) is 61.4 Å². The number of nitrogens with zero attached hydrogens (tertiary/aromatic N) is 1. The molecule has 17 heavy (non-hydrogen) atoms. The molecule has 2 N–H and O–H groups in total. The lowest BCUT2D eigenvalue weighted by molar-refractivity contribution is 0.321. The average Bonchev–Trinajstić information content (AvgIpc) is 2.82. The molecule has 0 aliphatic carbocycles. The van der Waals surface area contributed by atoms with Crippen LogP contribution in [-0.2, 0) is 10.2 Å². The van der Waals surface area contributed by atoms with Crippen LogP contribution in [0.5, 0.6) is 0 Å². The molecule has 2 fully saturated rings. The maximum absolute atomic E-state index is 11.9. The van der Waals surface area contributed by atoms with Gasteiger partial charge in [-0.3, -0.25) is 0 Å². The summed E-state index contributed by atoms with van der Waals surface area (Å²) in [5, 5.41) is 3.39. The highest BCUT2D eigenvalue weighted by Gasteiger charge is 2.26. The quantitative estimate of drug-likeness (QED) is 0.765. The van der Waals surface area contributed by atoms with Crippen molar-refractivity contribution in [1.29, 1.82) is 0 Å². The van der Waals surface area contributed by atoms with E-state index in [1.54, 1.807) is 4.31 Å². The molecule has 5 nitrogen and oxygen atoms in total. The normalized spacial score (nSPS) is 31.8. The van der Waals surface area contributed by atoms with E-state index in [-0.39, 0.29) is 0 Å². The standard InChI is InChI=1S/C11H23N3O2S/c1-10-4-5-11(8-12-10)9-13-17(15,16)14-6-2-3-7-14/h10-13H,2-9H2,1H3. The van der Waals surface area contributed by atoms with Crippen LogP contribution in [-0.4, -0.2) is 44.9 Å². The van der Waals surface area contributed by atoms with E-state index in [0.29, 0.717) is 31.6 Å². The molecule has 100 valence electrons. The van der Waals surface area contributed by atoms with Crippen molar-refractivity contribution < 1.29 is 8.42 Å². The predicted octanol–water partition coefficient (Wildman–Crippen LogP) is 0.305. The average molecular weight is 261 g/mol. The van der Waals surface area contributed by atoms with E-state index in [9.17, 15) is 8.42 Å². The van der Waals surface area contributed by atoms with Gasteiger partial charge in [0.1, 0.15) is 0 Å². The first-order valence-corrected chi connectivity index (χ1v) is 8.00. The molecular formula is C11H23N3O2S. The maximum Gasteiger partial charge on any atom is 0.279 e. The summed E-state index contributed by atoms with van der Waals surface area (Å²) in [7, 11) is -3.22. The fraction of sp³-hybridized carbons (Fsp3) is 1.00. The van der Waals surface area contributed by atoms with Gasteiger partial charge < -0.3 is 5.32 Å². The minimum absolute atomic E-state index is 0.434. The van der Waals surface area contributed by atoms with Crippen LogP contribution in [0.2, 0.25) is 0 Å². The molecule has 0 amide bonds. The van der Waals surface area contributed by atoms with E-state index in [1.807, 2.05) is 0 Å². The molecule has 0 aromatic heterocycles. The second-order valence-electron chi connectivity index (χ2n) is 5.21. The fourth-order valence-corrected chi connectivity index (χ4v) is 3.84. The van der Waals surface area contributed by atoms with Gasteiger partial charge >= 0.3 is 0 Å². The van der Waals surface area contributed by atoms with Crippen LogP contribution in [0.3, 0.4) is 0 Å². The van der Waals surface area contributed by atoms with Crippen molar-refractivity contribution in [1.82, 2.24) is 14.3 Å². The zero-order valence-corrected chi connectivity index (χ0v) is 11.3. The molecule has 0 spiro atoms. The van der Waals surface area contributed by atoms with Gasteiger partial charge in [0.05, 0.1) is 0 Å². The number of hydrogen-bond donors (Lipinski definition) is 2. The molecule has 2 heterocycles. The first kappa shape index (κ1) is 13.3. The summed E-state index contributed by atoms with van der Waals surface area (Å²) in [6.45, 7) is 5.01. The molecule has 0 saturated carbocycles. The Balaban J connectivity index is 1.77. The zero-order valence-electron chi connectivity index (χ0n) is 10.5. The lowest BCUT2D eigenvalue weighted by atomic mass is 9.96. The Labute approximate surface area is 104 Å². The van der Waals surface area contributed by atoms with Crippen molar-refractivity contribution in [3.05, 3.63) is 0 Å². The van der Waals surface area contributed by atoms with Crippen molar-refractivity contribution in [2.45, 2.75) is 38.6 Å². The SMILES string of the molecule is CC1CCC(CNS(=O)(=O)N2CCCC2)CN1. The smallest absolute Gasteiger partial charge is 0.279 e. The molecule has 2 aliphatic heterocycles.